The first kappa shape index (κ1) is 15.4. The number of hydrogen-bond donors (Lipinski definition) is 1. The lowest BCUT2D eigenvalue weighted by atomic mass is 10.1. The smallest absolute Gasteiger partial charge is 0.253 e. The average Bonchev–Trinajstić information content (AvgIpc) is 2.46. The third-order valence-corrected chi connectivity index (χ3v) is 3.54. The Bertz CT molecular complexity index is 634. The highest BCUT2D eigenvalue weighted by Crippen LogP contribution is 2.15. The van der Waals surface area contributed by atoms with Crippen molar-refractivity contribution < 1.29 is 0 Å². The fourth-order valence-corrected chi connectivity index (χ4v) is 2.46. The Morgan fingerprint density at radius 3 is 2.57 bits per heavy atom. The van der Waals surface area contributed by atoms with Gasteiger partial charge in [-0.1, -0.05) is 37.3 Å². The monoisotopic (exact) mass is 285 g/mol. The molecule has 112 valence electrons. The topological polar surface area (TPSA) is 46.9 Å². The molecular weight excluding hydrogens is 262 g/mol. The molecule has 21 heavy (non-hydrogen) atoms. The van der Waals surface area contributed by atoms with Crippen molar-refractivity contribution in [2.24, 2.45) is 0 Å². The summed E-state index contributed by atoms with van der Waals surface area (Å²) in [6, 6.07) is 12.0. The quantitative estimate of drug-likeness (QED) is 0.887. The van der Waals surface area contributed by atoms with Gasteiger partial charge in [0.2, 0.25) is 0 Å². The molecule has 2 rings (SSSR count). The van der Waals surface area contributed by atoms with Crippen LogP contribution in [-0.2, 0) is 6.54 Å². The molecule has 1 N–H and O–H groups in total. The van der Waals surface area contributed by atoms with Gasteiger partial charge < -0.3 is 5.32 Å². The summed E-state index contributed by atoms with van der Waals surface area (Å²) in [5, 5.41) is 3.52. The molecule has 0 amide bonds. The van der Waals surface area contributed by atoms with Gasteiger partial charge in [0.15, 0.2) is 0 Å². The highest BCUT2D eigenvalue weighted by atomic mass is 16.1. The maximum absolute atomic E-state index is 12.2. The van der Waals surface area contributed by atoms with E-state index in [-0.39, 0.29) is 11.6 Å². The number of nitrogens with one attached hydrogen (secondary N) is 1. The van der Waals surface area contributed by atoms with Gasteiger partial charge in [-0.2, -0.15) is 0 Å². The Hall–Kier alpha value is -1.94. The zero-order valence-corrected chi connectivity index (χ0v) is 13.0. The van der Waals surface area contributed by atoms with Crippen LogP contribution in [0.2, 0.25) is 0 Å². The van der Waals surface area contributed by atoms with Crippen molar-refractivity contribution in [1.82, 2.24) is 14.9 Å². The molecule has 0 bridgehead atoms. The molecule has 2 aromatic rings. The van der Waals surface area contributed by atoms with Crippen LogP contribution in [0.4, 0.5) is 0 Å². The molecule has 0 radical (unpaired) electrons. The zero-order chi connectivity index (χ0) is 15.2. The van der Waals surface area contributed by atoms with Crippen LogP contribution in [0.3, 0.4) is 0 Å². The molecule has 1 aromatic heterocycles. The molecule has 1 atom stereocenters. The van der Waals surface area contributed by atoms with E-state index in [1.54, 1.807) is 10.6 Å². The van der Waals surface area contributed by atoms with E-state index in [0.717, 1.165) is 24.5 Å². The van der Waals surface area contributed by atoms with Crippen molar-refractivity contribution in [3.05, 3.63) is 63.8 Å². The summed E-state index contributed by atoms with van der Waals surface area (Å²) in [4.78, 5) is 16.6. The van der Waals surface area contributed by atoms with Gasteiger partial charge in [-0.3, -0.25) is 9.36 Å². The number of benzene rings is 1. The van der Waals surface area contributed by atoms with Gasteiger partial charge in [-0.05, 0) is 32.4 Å². The first-order chi connectivity index (χ1) is 10.1. The highest BCUT2D eigenvalue weighted by molar-refractivity contribution is 5.19. The standard InChI is InChI=1S/C17H23N3O/c1-4-10-18-16(15-8-6-5-7-9-15)12-20-14(3)19-13(2)11-17(20)21/h5-9,11,16,18H,4,10,12H2,1-3H3. The minimum Gasteiger partial charge on any atom is -0.308 e. The van der Waals surface area contributed by atoms with Crippen LogP contribution < -0.4 is 10.9 Å². The molecule has 0 saturated carbocycles. The second-order valence-electron chi connectivity index (χ2n) is 5.31. The van der Waals surface area contributed by atoms with Gasteiger partial charge in [0.05, 0.1) is 6.04 Å². The zero-order valence-electron chi connectivity index (χ0n) is 13.0. The molecule has 0 aliphatic heterocycles. The van der Waals surface area contributed by atoms with Crippen molar-refractivity contribution in [2.75, 3.05) is 6.54 Å². The predicted octanol–water partition coefficient (Wildman–Crippen LogP) is 2.60. The van der Waals surface area contributed by atoms with Crippen LogP contribution >= 0.6 is 0 Å². The third-order valence-electron chi connectivity index (χ3n) is 3.54. The Morgan fingerprint density at radius 2 is 1.95 bits per heavy atom. The Balaban J connectivity index is 2.29. The van der Waals surface area contributed by atoms with Crippen LogP contribution in [-0.4, -0.2) is 16.1 Å². The molecule has 0 aliphatic carbocycles. The Labute approximate surface area is 125 Å². The molecule has 0 fully saturated rings. The Morgan fingerprint density at radius 1 is 1.24 bits per heavy atom. The van der Waals surface area contributed by atoms with E-state index in [1.807, 2.05) is 32.0 Å². The van der Waals surface area contributed by atoms with Gasteiger partial charge in [0.25, 0.3) is 5.56 Å². The lowest BCUT2D eigenvalue weighted by Crippen LogP contribution is -2.32. The van der Waals surface area contributed by atoms with Gasteiger partial charge in [0, 0.05) is 18.3 Å². The Kier molecular flexibility index (Phi) is 5.28. The summed E-state index contributed by atoms with van der Waals surface area (Å²) < 4.78 is 1.74. The second-order valence-corrected chi connectivity index (χ2v) is 5.31. The second kappa shape index (κ2) is 7.18. The molecule has 0 spiro atoms. The van der Waals surface area contributed by atoms with Crippen LogP contribution in [0.5, 0.6) is 0 Å². The van der Waals surface area contributed by atoms with Crippen molar-refractivity contribution in [3.8, 4) is 0 Å². The SMILES string of the molecule is CCCNC(Cn1c(C)nc(C)cc1=O)c1ccccc1. The maximum Gasteiger partial charge on any atom is 0.253 e. The van der Waals surface area contributed by atoms with E-state index < -0.39 is 0 Å². The number of hydrogen-bond acceptors (Lipinski definition) is 3. The lowest BCUT2D eigenvalue weighted by molar-refractivity contribution is 0.446. The lowest BCUT2D eigenvalue weighted by Gasteiger charge is -2.21. The van der Waals surface area contributed by atoms with E-state index in [1.165, 1.54) is 5.56 Å². The van der Waals surface area contributed by atoms with E-state index in [4.69, 9.17) is 0 Å². The van der Waals surface area contributed by atoms with Crippen molar-refractivity contribution in [3.63, 3.8) is 0 Å². The summed E-state index contributed by atoms with van der Waals surface area (Å²) in [6.45, 7) is 7.40. The van der Waals surface area contributed by atoms with Crippen molar-refractivity contribution >= 4 is 0 Å². The van der Waals surface area contributed by atoms with E-state index in [9.17, 15) is 4.79 Å². The van der Waals surface area contributed by atoms with Gasteiger partial charge in [0.1, 0.15) is 5.82 Å². The number of aryl methyl sites for hydroxylation is 2. The predicted molar refractivity (Wildman–Crippen MR) is 85.4 cm³/mol. The highest BCUT2D eigenvalue weighted by Gasteiger charge is 2.13. The normalized spacial score (nSPS) is 12.3. The minimum atomic E-state index is 0.0132. The van der Waals surface area contributed by atoms with Crippen LogP contribution in [0.15, 0.2) is 41.2 Å². The first-order valence-corrected chi connectivity index (χ1v) is 7.45. The first-order valence-electron chi connectivity index (χ1n) is 7.45. The summed E-state index contributed by atoms with van der Waals surface area (Å²) in [6.07, 6.45) is 1.06. The van der Waals surface area contributed by atoms with Crippen LogP contribution in [0.1, 0.15) is 36.5 Å². The average molecular weight is 285 g/mol. The van der Waals surface area contributed by atoms with Gasteiger partial charge in [-0.25, -0.2) is 4.98 Å². The largest absolute Gasteiger partial charge is 0.308 e. The fraction of sp³-hybridized carbons (Fsp3) is 0.412. The summed E-state index contributed by atoms with van der Waals surface area (Å²) in [7, 11) is 0. The molecular formula is C17H23N3O. The molecule has 0 saturated heterocycles. The molecule has 1 unspecified atom stereocenters. The molecule has 4 nitrogen and oxygen atoms in total. The number of rotatable bonds is 6. The van der Waals surface area contributed by atoms with Crippen molar-refractivity contribution in [2.45, 2.75) is 39.8 Å². The summed E-state index contributed by atoms with van der Waals surface area (Å²) in [5.74, 6) is 0.763. The van der Waals surface area contributed by atoms with E-state index in [2.05, 4.69) is 29.4 Å². The number of aromatic nitrogens is 2. The molecule has 0 aliphatic rings. The molecule has 4 heteroatoms. The third kappa shape index (κ3) is 4.02. The summed E-state index contributed by atoms with van der Waals surface area (Å²) >= 11 is 0. The number of nitrogens with zero attached hydrogens (tertiary/aromatic N) is 2. The van der Waals surface area contributed by atoms with Gasteiger partial charge >= 0.3 is 0 Å². The molecule has 1 heterocycles. The van der Waals surface area contributed by atoms with Crippen molar-refractivity contribution in [1.29, 1.82) is 0 Å². The van der Waals surface area contributed by atoms with Crippen LogP contribution in [0.25, 0.3) is 0 Å². The van der Waals surface area contributed by atoms with Crippen LogP contribution in [0, 0.1) is 13.8 Å². The molecule has 1 aromatic carbocycles. The van der Waals surface area contributed by atoms with Gasteiger partial charge in [-0.15, -0.1) is 0 Å². The summed E-state index contributed by atoms with van der Waals surface area (Å²) in [5.41, 5.74) is 1.98. The minimum absolute atomic E-state index is 0.0132. The fourth-order valence-electron chi connectivity index (χ4n) is 2.46. The maximum atomic E-state index is 12.2. The van der Waals surface area contributed by atoms with E-state index in [0.29, 0.717) is 6.54 Å². The van der Waals surface area contributed by atoms with E-state index >= 15 is 0 Å².